The molecular weight excluding hydrogens is 286 g/mol. The van der Waals surface area contributed by atoms with Crippen molar-refractivity contribution < 1.29 is 22.4 Å². The first kappa shape index (κ1) is 13.4. The molecule has 21 heavy (non-hydrogen) atoms. The number of benzene rings is 2. The van der Waals surface area contributed by atoms with Crippen LogP contribution in [0.1, 0.15) is 10.4 Å². The molecule has 1 aromatic heterocycles. The van der Waals surface area contributed by atoms with Crippen LogP contribution in [0.2, 0.25) is 0 Å². The van der Waals surface area contributed by atoms with Crippen LogP contribution in [-0.4, -0.2) is 11.3 Å². The predicted octanol–water partition coefficient (Wildman–Crippen LogP) is 4.20. The molecule has 0 saturated carbocycles. The highest BCUT2D eigenvalue weighted by molar-refractivity contribution is 6.04. The molecule has 0 aliphatic carbocycles. The molecule has 0 saturated heterocycles. The van der Waals surface area contributed by atoms with E-state index in [0.717, 1.165) is 18.2 Å². The molecule has 3 aromatic rings. The summed E-state index contributed by atoms with van der Waals surface area (Å²) in [4.78, 5) is 13.8. The van der Waals surface area contributed by atoms with Crippen LogP contribution in [0.3, 0.4) is 0 Å². The number of hydrogen-bond donors (Lipinski definition) is 1. The quantitative estimate of drug-likeness (QED) is 0.557. The first-order chi connectivity index (χ1) is 10.0. The monoisotopic (exact) mass is 293 g/mol. The highest BCUT2D eigenvalue weighted by Gasteiger charge is 2.19. The van der Waals surface area contributed by atoms with Gasteiger partial charge in [0.1, 0.15) is 23.3 Å². The van der Waals surface area contributed by atoms with Gasteiger partial charge in [0.25, 0.3) is 0 Å². The molecule has 2 nitrogen and oxygen atoms in total. The Hall–Kier alpha value is -2.63. The van der Waals surface area contributed by atoms with Crippen molar-refractivity contribution in [2.45, 2.75) is 0 Å². The summed E-state index contributed by atoms with van der Waals surface area (Å²) in [5.74, 6) is -3.45. The Labute approximate surface area is 116 Å². The minimum absolute atomic E-state index is 0.0216. The maximum Gasteiger partial charge on any atom is 0.152 e. The third-order valence-electron chi connectivity index (χ3n) is 3.17. The van der Waals surface area contributed by atoms with Crippen LogP contribution >= 0.6 is 0 Å². The topological polar surface area (TPSA) is 32.9 Å². The zero-order valence-electron chi connectivity index (χ0n) is 10.4. The van der Waals surface area contributed by atoms with Gasteiger partial charge in [0.2, 0.25) is 0 Å². The van der Waals surface area contributed by atoms with Crippen molar-refractivity contribution in [2.75, 3.05) is 0 Å². The standard InChI is InChI=1S/C15H7F4NO/c16-7-1-2-9(11(18)3-7)15-10(6-21)14-12(19)4-8(17)5-13(14)20-15/h1-6,20H. The zero-order valence-corrected chi connectivity index (χ0v) is 10.4. The van der Waals surface area contributed by atoms with Gasteiger partial charge in [0.05, 0.1) is 16.8 Å². The van der Waals surface area contributed by atoms with Gasteiger partial charge in [-0.15, -0.1) is 0 Å². The third kappa shape index (κ3) is 2.08. The number of halogens is 4. The second-order valence-electron chi connectivity index (χ2n) is 4.47. The van der Waals surface area contributed by atoms with Gasteiger partial charge >= 0.3 is 0 Å². The average Bonchev–Trinajstić information content (AvgIpc) is 2.76. The normalized spacial score (nSPS) is 11.0. The Morgan fingerprint density at radius 2 is 1.62 bits per heavy atom. The van der Waals surface area contributed by atoms with Gasteiger partial charge in [-0.2, -0.15) is 0 Å². The number of aromatic amines is 1. The second-order valence-corrected chi connectivity index (χ2v) is 4.47. The molecule has 3 rings (SSSR count). The fraction of sp³-hybridized carbons (Fsp3) is 0. The summed E-state index contributed by atoms with van der Waals surface area (Å²) >= 11 is 0. The van der Waals surface area contributed by atoms with Gasteiger partial charge in [0, 0.05) is 23.1 Å². The fourth-order valence-corrected chi connectivity index (χ4v) is 2.30. The summed E-state index contributed by atoms with van der Waals surface area (Å²) in [6.07, 6.45) is 0.345. The lowest BCUT2D eigenvalue weighted by molar-refractivity contribution is 0.112. The molecule has 0 spiro atoms. The van der Waals surface area contributed by atoms with E-state index in [0.29, 0.717) is 18.4 Å². The van der Waals surface area contributed by atoms with Crippen LogP contribution in [0, 0.1) is 23.3 Å². The third-order valence-corrected chi connectivity index (χ3v) is 3.17. The van der Waals surface area contributed by atoms with E-state index in [9.17, 15) is 22.4 Å². The maximum atomic E-state index is 13.8. The molecular formula is C15H7F4NO. The molecule has 0 aliphatic heterocycles. The van der Waals surface area contributed by atoms with Crippen molar-refractivity contribution in [3.63, 3.8) is 0 Å². The second kappa shape index (κ2) is 4.73. The first-order valence-corrected chi connectivity index (χ1v) is 5.92. The van der Waals surface area contributed by atoms with Crippen LogP contribution in [0.25, 0.3) is 22.2 Å². The smallest absolute Gasteiger partial charge is 0.152 e. The van der Waals surface area contributed by atoms with E-state index in [-0.39, 0.29) is 27.7 Å². The van der Waals surface area contributed by atoms with Crippen LogP contribution < -0.4 is 0 Å². The van der Waals surface area contributed by atoms with Crippen LogP contribution in [0.4, 0.5) is 17.6 Å². The Morgan fingerprint density at radius 3 is 2.29 bits per heavy atom. The van der Waals surface area contributed by atoms with E-state index < -0.39 is 23.3 Å². The Morgan fingerprint density at radius 1 is 0.905 bits per heavy atom. The summed E-state index contributed by atoms with van der Waals surface area (Å²) in [5, 5.41) is -0.134. The van der Waals surface area contributed by atoms with Crippen molar-refractivity contribution in [3.8, 4) is 11.3 Å². The maximum absolute atomic E-state index is 13.8. The number of carbonyl (C=O) groups is 1. The lowest BCUT2D eigenvalue weighted by Crippen LogP contribution is -1.90. The average molecular weight is 293 g/mol. The molecule has 6 heteroatoms. The molecule has 0 radical (unpaired) electrons. The number of H-pyrrole nitrogens is 1. The number of carbonyl (C=O) groups excluding carboxylic acids is 1. The van der Waals surface area contributed by atoms with E-state index >= 15 is 0 Å². The SMILES string of the molecule is O=Cc1c(-c2ccc(F)cc2F)[nH]c2cc(F)cc(F)c12. The Bertz CT molecular complexity index is 870. The van der Waals surface area contributed by atoms with Crippen molar-refractivity contribution in [2.24, 2.45) is 0 Å². The van der Waals surface area contributed by atoms with E-state index in [1.165, 1.54) is 0 Å². The van der Waals surface area contributed by atoms with E-state index in [1.807, 2.05) is 0 Å². The molecule has 1 heterocycles. The molecule has 0 bridgehead atoms. The molecule has 1 N–H and O–H groups in total. The molecule has 0 atom stereocenters. The molecule has 106 valence electrons. The highest BCUT2D eigenvalue weighted by atomic mass is 19.1. The summed E-state index contributed by atoms with van der Waals surface area (Å²) in [7, 11) is 0. The van der Waals surface area contributed by atoms with Gasteiger partial charge in [-0.25, -0.2) is 17.6 Å². The van der Waals surface area contributed by atoms with E-state index in [1.54, 1.807) is 0 Å². The van der Waals surface area contributed by atoms with Gasteiger partial charge < -0.3 is 4.98 Å². The molecule has 0 amide bonds. The zero-order chi connectivity index (χ0) is 15.1. The summed E-state index contributed by atoms with van der Waals surface area (Å²) in [6.45, 7) is 0. The number of rotatable bonds is 2. The number of fused-ring (bicyclic) bond motifs is 1. The van der Waals surface area contributed by atoms with Crippen molar-refractivity contribution in [1.82, 2.24) is 4.98 Å². The predicted molar refractivity (Wildman–Crippen MR) is 69.0 cm³/mol. The summed E-state index contributed by atoms with van der Waals surface area (Å²) < 4.78 is 53.8. The number of hydrogen-bond acceptors (Lipinski definition) is 1. The Balaban J connectivity index is 2.37. The summed E-state index contributed by atoms with van der Waals surface area (Å²) in [6, 6.07) is 4.41. The van der Waals surface area contributed by atoms with Crippen molar-refractivity contribution in [3.05, 3.63) is 59.2 Å². The fourth-order valence-electron chi connectivity index (χ4n) is 2.30. The van der Waals surface area contributed by atoms with E-state index in [2.05, 4.69) is 4.98 Å². The van der Waals surface area contributed by atoms with Crippen molar-refractivity contribution >= 4 is 17.2 Å². The van der Waals surface area contributed by atoms with Crippen molar-refractivity contribution in [1.29, 1.82) is 0 Å². The largest absolute Gasteiger partial charge is 0.354 e. The van der Waals surface area contributed by atoms with Crippen LogP contribution in [0.15, 0.2) is 30.3 Å². The molecule has 0 aliphatic rings. The number of nitrogens with one attached hydrogen (secondary N) is 1. The minimum Gasteiger partial charge on any atom is -0.354 e. The lowest BCUT2D eigenvalue weighted by Gasteiger charge is -2.02. The van der Waals surface area contributed by atoms with E-state index in [4.69, 9.17) is 0 Å². The van der Waals surface area contributed by atoms with Gasteiger partial charge in [0.15, 0.2) is 6.29 Å². The van der Waals surface area contributed by atoms with Crippen LogP contribution in [0.5, 0.6) is 0 Å². The van der Waals surface area contributed by atoms with Crippen LogP contribution in [-0.2, 0) is 0 Å². The molecule has 0 fully saturated rings. The summed E-state index contributed by atoms with van der Waals surface area (Å²) in [5.41, 5.74) is -0.252. The number of aldehydes is 1. The molecule has 2 aromatic carbocycles. The van der Waals surface area contributed by atoms with Gasteiger partial charge in [-0.05, 0) is 18.2 Å². The Kier molecular flexibility index (Phi) is 3.01. The number of aromatic nitrogens is 1. The van der Waals surface area contributed by atoms with Gasteiger partial charge in [-0.1, -0.05) is 0 Å². The molecule has 0 unspecified atom stereocenters. The lowest BCUT2D eigenvalue weighted by atomic mass is 10.1. The first-order valence-electron chi connectivity index (χ1n) is 5.92. The minimum atomic E-state index is -0.933. The van der Waals surface area contributed by atoms with Gasteiger partial charge in [-0.3, -0.25) is 4.79 Å². The highest BCUT2D eigenvalue weighted by Crippen LogP contribution is 2.32.